The molecule has 0 saturated carbocycles. The van der Waals surface area contributed by atoms with Crippen molar-refractivity contribution < 1.29 is 9.53 Å². The Morgan fingerprint density at radius 2 is 1.88 bits per heavy atom. The van der Waals surface area contributed by atoms with Gasteiger partial charge in [-0.3, -0.25) is 4.79 Å². The molecule has 5 nitrogen and oxygen atoms in total. The third-order valence-corrected chi connectivity index (χ3v) is 5.14. The monoisotopic (exact) mass is 337 g/mol. The minimum Gasteiger partial charge on any atom is -0.497 e. The third-order valence-electron chi connectivity index (χ3n) is 3.94. The van der Waals surface area contributed by atoms with Gasteiger partial charge in [0.15, 0.2) is 11.0 Å². The summed E-state index contributed by atoms with van der Waals surface area (Å²) >= 11 is 1.58. The summed E-state index contributed by atoms with van der Waals surface area (Å²) in [6.07, 6.45) is 0.424. The van der Waals surface area contributed by atoms with Crippen LogP contribution in [0.25, 0.3) is 11.4 Å². The van der Waals surface area contributed by atoms with Crippen molar-refractivity contribution in [3.63, 3.8) is 0 Å². The standard InChI is InChI=1S/C18H15N3O2S/c1-23-14-9-7-13(8-10-14)17-19-18-21(20-17)16(22)11-15(24-18)12-5-3-2-4-6-12/h2-10,15H,11H2,1H3. The van der Waals surface area contributed by atoms with E-state index >= 15 is 0 Å². The Kier molecular flexibility index (Phi) is 3.82. The van der Waals surface area contributed by atoms with Crippen LogP contribution in [0.5, 0.6) is 5.75 Å². The average Bonchev–Trinajstić information content (AvgIpc) is 3.07. The number of thioether (sulfide) groups is 1. The van der Waals surface area contributed by atoms with Crippen molar-refractivity contribution in [1.29, 1.82) is 0 Å². The maximum absolute atomic E-state index is 12.4. The van der Waals surface area contributed by atoms with Gasteiger partial charge in [-0.1, -0.05) is 42.1 Å². The van der Waals surface area contributed by atoms with E-state index in [0.29, 0.717) is 17.4 Å². The number of fused-ring (bicyclic) bond motifs is 1. The van der Waals surface area contributed by atoms with Crippen LogP contribution in [0.15, 0.2) is 59.8 Å². The number of aromatic nitrogens is 3. The Balaban J connectivity index is 1.66. The zero-order valence-electron chi connectivity index (χ0n) is 13.0. The Bertz CT molecular complexity index is 875. The quantitative estimate of drug-likeness (QED) is 0.727. The van der Waals surface area contributed by atoms with Crippen molar-refractivity contribution in [2.24, 2.45) is 0 Å². The molecule has 3 aromatic rings. The summed E-state index contributed by atoms with van der Waals surface area (Å²) < 4.78 is 6.58. The van der Waals surface area contributed by atoms with Crippen molar-refractivity contribution >= 4 is 17.7 Å². The van der Waals surface area contributed by atoms with Crippen LogP contribution in [0.3, 0.4) is 0 Å². The van der Waals surface area contributed by atoms with Gasteiger partial charge in [0.25, 0.3) is 5.91 Å². The lowest BCUT2D eigenvalue weighted by Gasteiger charge is -2.20. The molecule has 2 aromatic carbocycles. The molecule has 24 heavy (non-hydrogen) atoms. The van der Waals surface area contributed by atoms with Gasteiger partial charge in [-0.15, -0.1) is 5.10 Å². The molecule has 0 fully saturated rings. The van der Waals surface area contributed by atoms with Gasteiger partial charge in [0, 0.05) is 17.2 Å². The number of ether oxygens (including phenoxy) is 1. The number of hydrogen-bond donors (Lipinski definition) is 0. The van der Waals surface area contributed by atoms with E-state index in [-0.39, 0.29) is 11.2 Å². The number of benzene rings is 2. The number of hydrogen-bond acceptors (Lipinski definition) is 5. The van der Waals surface area contributed by atoms with E-state index in [1.165, 1.54) is 4.68 Å². The Morgan fingerprint density at radius 3 is 2.58 bits per heavy atom. The number of carbonyl (C=O) groups is 1. The molecule has 1 aromatic heterocycles. The van der Waals surface area contributed by atoms with Gasteiger partial charge in [-0.05, 0) is 29.8 Å². The van der Waals surface area contributed by atoms with Gasteiger partial charge < -0.3 is 4.74 Å². The van der Waals surface area contributed by atoms with Gasteiger partial charge in [0.1, 0.15) is 5.75 Å². The fourth-order valence-electron chi connectivity index (χ4n) is 2.67. The molecular weight excluding hydrogens is 322 g/mol. The molecule has 1 unspecified atom stereocenters. The van der Waals surface area contributed by atoms with Gasteiger partial charge in [0.2, 0.25) is 0 Å². The first kappa shape index (κ1) is 15.0. The van der Waals surface area contributed by atoms with Crippen molar-refractivity contribution in [2.75, 3.05) is 7.11 Å². The molecule has 1 aliphatic heterocycles. The van der Waals surface area contributed by atoms with Crippen molar-refractivity contribution in [3.05, 3.63) is 60.2 Å². The first-order valence-electron chi connectivity index (χ1n) is 7.61. The molecule has 0 bridgehead atoms. The van der Waals surface area contributed by atoms with Crippen LogP contribution in [0.4, 0.5) is 0 Å². The smallest absolute Gasteiger partial charge is 0.250 e. The number of rotatable bonds is 3. The van der Waals surface area contributed by atoms with Crippen LogP contribution < -0.4 is 4.74 Å². The predicted octanol–water partition coefficient (Wildman–Crippen LogP) is 3.83. The maximum Gasteiger partial charge on any atom is 0.250 e. The molecule has 4 rings (SSSR count). The van der Waals surface area contributed by atoms with Crippen LogP contribution in [0.1, 0.15) is 22.0 Å². The van der Waals surface area contributed by atoms with E-state index in [2.05, 4.69) is 10.1 Å². The van der Waals surface area contributed by atoms with E-state index in [9.17, 15) is 4.79 Å². The van der Waals surface area contributed by atoms with Crippen molar-refractivity contribution in [3.8, 4) is 17.1 Å². The zero-order chi connectivity index (χ0) is 16.5. The van der Waals surface area contributed by atoms with Gasteiger partial charge in [-0.25, -0.2) is 4.98 Å². The van der Waals surface area contributed by atoms with Crippen LogP contribution in [0.2, 0.25) is 0 Å². The number of methoxy groups -OCH3 is 1. The van der Waals surface area contributed by atoms with E-state index in [1.54, 1.807) is 18.9 Å². The third kappa shape index (κ3) is 2.69. The second-order valence-corrected chi connectivity index (χ2v) is 6.64. The van der Waals surface area contributed by atoms with E-state index in [0.717, 1.165) is 16.9 Å². The molecular formula is C18H15N3O2S. The molecule has 6 heteroatoms. The van der Waals surface area contributed by atoms with E-state index < -0.39 is 0 Å². The van der Waals surface area contributed by atoms with Crippen LogP contribution in [-0.4, -0.2) is 27.8 Å². The molecule has 0 N–H and O–H groups in total. The normalized spacial score (nSPS) is 16.7. The Labute approximate surface area is 143 Å². The average molecular weight is 337 g/mol. The molecule has 2 heterocycles. The minimum atomic E-state index is -0.0233. The second-order valence-electron chi connectivity index (χ2n) is 5.47. The first-order valence-corrected chi connectivity index (χ1v) is 8.49. The molecule has 0 radical (unpaired) electrons. The first-order chi connectivity index (χ1) is 11.7. The largest absolute Gasteiger partial charge is 0.497 e. The summed E-state index contributed by atoms with van der Waals surface area (Å²) in [4.78, 5) is 17.0. The zero-order valence-corrected chi connectivity index (χ0v) is 13.9. The Morgan fingerprint density at radius 1 is 1.12 bits per heavy atom. The SMILES string of the molecule is COc1ccc(-c2nc3n(n2)C(=O)CC(c2ccccc2)S3)cc1. The number of carbonyl (C=O) groups excluding carboxylic acids is 1. The summed E-state index contributed by atoms with van der Waals surface area (Å²) in [5, 5.41) is 5.11. The summed E-state index contributed by atoms with van der Waals surface area (Å²) in [6.45, 7) is 0. The predicted molar refractivity (Wildman–Crippen MR) is 92.3 cm³/mol. The minimum absolute atomic E-state index is 0.0233. The van der Waals surface area contributed by atoms with E-state index in [4.69, 9.17) is 4.74 Å². The van der Waals surface area contributed by atoms with Crippen LogP contribution >= 0.6 is 11.8 Å². The Hall–Kier alpha value is -2.60. The lowest BCUT2D eigenvalue weighted by atomic mass is 10.1. The van der Waals surface area contributed by atoms with Crippen LogP contribution in [0, 0.1) is 0 Å². The van der Waals surface area contributed by atoms with Gasteiger partial charge >= 0.3 is 0 Å². The molecule has 1 atom stereocenters. The molecule has 0 amide bonds. The highest BCUT2D eigenvalue weighted by Gasteiger charge is 2.30. The molecule has 0 spiro atoms. The fourth-order valence-corrected chi connectivity index (χ4v) is 3.82. The molecule has 0 saturated heterocycles. The summed E-state index contributed by atoms with van der Waals surface area (Å²) in [6, 6.07) is 17.5. The maximum atomic E-state index is 12.4. The molecule has 120 valence electrons. The lowest BCUT2D eigenvalue weighted by molar-refractivity contribution is 0.0868. The van der Waals surface area contributed by atoms with Gasteiger partial charge in [0.05, 0.1) is 7.11 Å². The topological polar surface area (TPSA) is 57.0 Å². The highest BCUT2D eigenvalue weighted by atomic mass is 32.2. The highest BCUT2D eigenvalue weighted by molar-refractivity contribution is 7.99. The summed E-state index contributed by atoms with van der Waals surface area (Å²) in [5.74, 6) is 1.31. The number of nitrogens with zero attached hydrogens (tertiary/aromatic N) is 3. The van der Waals surface area contributed by atoms with Crippen molar-refractivity contribution in [2.45, 2.75) is 16.8 Å². The van der Waals surface area contributed by atoms with E-state index in [1.807, 2.05) is 54.6 Å². The van der Waals surface area contributed by atoms with Gasteiger partial charge in [-0.2, -0.15) is 4.68 Å². The summed E-state index contributed by atoms with van der Waals surface area (Å²) in [7, 11) is 1.63. The second kappa shape index (κ2) is 6.13. The molecule has 0 aliphatic carbocycles. The fraction of sp³-hybridized carbons (Fsp3) is 0.167. The molecule has 1 aliphatic rings. The summed E-state index contributed by atoms with van der Waals surface area (Å²) in [5.41, 5.74) is 2.00. The van der Waals surface area contributed by atoms with Crippen LogP contribution in [-0.2, 0) is 0 Å². The lowest BCUT2D eigenvalue weighted by Crippen LogP contribution is -2.20. The van der Waals surface area contributed by atoms with Crippen molar-refractivity contribution in [1.82, 2.24) is 14.8 Å². The highest BCUT2D eigenvalue weighted by Crippen LogP contribution is 2.41.